The van der Waals surface area contributed by atoms with Gasteiger partial charge in [0.1, 0.15) is 0 Å². The van der Waals surface area contributed by atoms with E-state index in [1.54, 1.807) is 0 Å². The number of nitrogens with two attached hydrogens (primary N) is 1. The molecule has 4 nitrogen and oxygen atoms in total. The third-order valence-electron chi connectivity index (χ3n) is 4.70. The first-order valence-electron chi connectivity index (χ1n) is 7.55. The van der Waals surface area contributed by atoms with E-state index in [4.69, 9.17) is 15.2 Å². The lowest BCUT2D eigenvalue weighted by molar-refractivity contribution is 0.133. The van der Waals surface area contributed by atoms with E-state index < -0.39 is 0 Å². The van der Waals surface area contributed by atoms with Gasteiger partial charge in [0.05, 0.1) is 0 Å². The molecule has 1 saturated heterocycles. The molecule has 1 atom stereocenters. The van der Waals surface area contributed by atoms with Crippen LogP contribution in [0.5, 0.6) is 11.5 Å². The average molecular weight is 276 g/mol. The van der Waals surface area contributed by atoms with Gasteiger partial charge < -0.3 is 15.2 Å². The van der Waals surface area contributed by atoms with E-state index in [2.05, 4.69) is 24.0 Å². The fourth-order valence-corrected chi connectivity index (χ4v) is 3.16. The van der Waals surface area contributed by atoms with Crippen molar-refractivity contribution in [3.8, 4) is 11.5 Å². The van der Waals surface area contributed by atoms with Crippen molar-refractivity contribution in [3.05, 3.63) is 23.8 Å². The largest absolute Gasteiger partial charge is 0.454 e. The average Bonchev–Trinajstić information content (AvgIpc) is 3.15. The SMILES string of the molecule is CC(CN)(CCc1ccc2c(c1)OCO2)N1CCCC1. The maximum atomic E-state index is 6.05. The second-order valence-corrected chi connectivity index (χ2v) is 6.08. The highest BCUT2D eigenvalue weighted by molar-refractivity contribution is 5.44. The quantitative estimate of drug-likeness (QED) is 0.895. The molecule has 110 valence electrons. The molecular weight excluding hydrogens is 252 g/mol. The van der Waals surface area contributed by atoms with Crippen molar-refractivity contribution in [1.29, 1.82) is 0 Å². The lowest BCUT2D eigenvalue weighted by Gasteiger charge is -2.38. The van der Waals surface area contributed by atoms with Gasteiger partial charge in [0.15, 0.2) is 11.5 Å². The molecule has 1 unspecified atom stereocenters. The van der Waals surface area contributed by atoms with Crippen LogP contribution in [0.25, 0.3) is 0 Å². The first-order chi connectivity index (χ1) is 9.71. The first kappa shape index (κ1) is 13.7. The predicted octanol–water partition coefficient (Wildman–Crippen LogP) is 2.16. The van der Waals surface area contributed by atoms with Gasteiger partial charge in [-0.3, -0.25) is 4.90 Å². The van der Waals surface area contributed by atoms with Crippen molar-refractivity contribution in [2.24, 2.45) is 5.73 Å². The van der Waals surface area contributed by atoms with Gasteiger partial charge in [0.25, 0.3) is 0 Å². The molecule has 0 amide bonds. The summed E-state index contributed by atoms with van der Waals surface area (Å²) in [6.07, 6.45) is 4.73. The molecule has 2 aliphatic heterocycles. The minimum atomic E-state index is 0.118. The Labute approximate surface area is 120 Å². The van der Waals surface area contributed by atoms with Gasteiger partial charge in [-0.05, 0) is 63.4 Å². The fraction of sp³-hybridized carbons (Fsp3) is 0.625. The molecule has 1 aromatic carbocycles. The normalized spacial score (nSPS) is 21.1. The number of ether oxygens (including phenoxy) is 2. The van der Waals surface area contributed by atoms with Crippen molar-refractivity contribution in [3.63, 3.8) is 0 Å². The van der Waals surface area contributed by atoms with Crippen LogP contribution in [0.3, 0.4) is 0 Å². The fourth-order valence-electron chi connectivity index (χ4n) is 3.16. The van der Waals surface area contributed by atoms with E-state index in [-0.39, 0.29) is 5.54 Å². The van der Waals surface area contributed by atoms with Gasteiger partial charge in [0.2, 0.25) is 6.79 Å². The molecule has 0 bridgehead atoms. The van der Waals surface area contributed by atoms with E-state index in [0.29, 0.717) is 6.79 Å². The zero-order valence-electron chi connectivity index (χ0n) is 12.2. The third kappa shape index (κ3) is 2.63. The maximum Gasteiger partial charge on any atom is 0.231 e. The zero-order chi connectivity index (χ0) is 14.0. The number of benzene rings is 1. The van der Waals surface area contributed by atoms with Crippen molar-refractivity contribution in [1.82, 2.24) is 4.90 Å². The molecule has 0 aliphatic carbocycles. The number of hydrogen-bond acceptors (Lipinski definition) is 4. The van der Waals surface area contributed by atoms with Crippen molar-refractivity contribution >= 4 is 0 Å². The standard InChI is InChI=1S/C16H24N2O2/c1-16(11-17,18-8-2-3-9-18)7-6-13-4-5-14-15(10-13)20-12-19-14/h4-5,10H,2-3,6-9,11-12,17H2,1H3. The van der Waals surface area contributed by atoms with Crippen LogP contribution in [0.4, 0.5) is 0 Å². The number of hydrogen-bond donors (Lipinski definition) is 1. The summed E-state index contributed by atoms with van der Waals surface area (Å²) in [5, 5.41) is 0. The highest BCUT2D eigenvalue weighted by atomic mass is 16.7. The van der Waals surface area contributed by atoms with Crippen molar-refractivity contribution < 1.29 is 9.47 Å². The van der Waals surface area contributed by atoms with E-state index in [9.17, 15) is 0 Å². The Hall–Kier alpha value is -1.26. The Bertz CT molecular complexity index is 472. The smallest absolute Gasteiger partial charge is 0.231 e. The summed E-state index contributed by atoms with van der Waals surface area (Å²) in [6, 6.07) is 6.24. The molecule has 20 heavy (non-hydrogen) atoms. The summed E-state index contributed by atoms with van der Waals surface area (Å²) in [7, 11) is 0. The van der Waals surface area contributed by atoms with Crippen LogP contribution in [0, 0.1) is 0 Å². The minimum absolute atomic E-state index is 0.118. The van der Waals surface area contributed by atoms with E-state index in [0.717, 1.165) is 30.9 Å². The van der Waals surface area contributed by atoms with Gasteiger partial charge >= 0.3 is 0 Å². The molecule has 0 spiro atoms. The van der Waals surface area contributed by atoms with Crippen LogP contribution >= 0.6 is 0 Å². The van der Waals surface area contributed by atoms with E-state index in [1.807, 2.05) is 6.07 Å². The Kier molecular flexibility index (Phi) is 3.85. The lowest BCUT2D eigenvalue weighted by Crippen LogP contribution is -2.50. The molecule has 1 aromatic rings. The molecule has 0 radical (unpaired) electrons. The molecule has 2 N–H and O–H groups in total. The molecule has 4 heteroatoms. The van der Waals surface area contributed by atoms with Gasteiger partial charge in [-0.25, -0.2) is 0 Å². The predicted molar refractivity (Wildman–Crippen MR) is 79.2 cm³/mol. The molecular formula is C16H24N2O2. The summed E-state index contributed by atoms with van der Waals surface area (Å²) >= 11 is 0. The number of fused-ring (bicyclic) bond motifs is 1. The summed E-state index contributed by atoms with van der Waals surface area (Å²) in [5.41, 5.74) is 7.47. The second kappa shape index (κ2) is 5.62. The van der Waals surface area contributed by atoms with Crippen LogP contribution in [0.2, 0.25) is 0 Å². The molecule has 1 fully saturated rings. The van der Waals surface area contributed by atoms with Crippen LogP contribution < -0.4 is 15.2 Å². The van der Waals surface area contributed by atoms with Gasteiger partial charge in [0, 0.05) is 12.1 Å². The van der Waals surface area contributed by atoms with Gasteiger partial charge in [-0.2, -0.15) is 0 Å². The molecule has 2 aliphatic rings. The van der Waals surface area contributed by atoms with Gasteiger partial charge in [-0.1, -0.05) is 6.07 Å². The minimum Gasteiger partial charge on any atom is -0.454 e. The Morgan fingerprint density at radius 1 is 1.20 bits per heavy atom. The highest BCUT2D eigenvalue weighted by Gasteiger charge is 2.32. The molecule has 3 rings (SSSR count). The van der Waals surface area contributed by atoms with Crippen LogP contribution in [0.1, 0.15) is 31.7 Å². The lowest BCUT2D eigenvalue weighted by atomic mass is 9.91. The Morgan fingerprint density at radius 3 is 2.70 bits per heavy atom. The third-order valence-corrected chi connectivity index (χ3v) is 4.70. The maximum absolute atomic E-state index is 6.05. The van der Waals surface area contributed by atoms with E-state index >= 15 is 0 Å². The highest BCUT2D eigenvalue weighted by Crippen LogP contribution is 2.33. The van der Waals surface area contributed by atoms with Crippen LogP contribution in [-0.4, -0.2) is 36.9 Å². The number of aryl methyl sites for hydroxylation is 1. The summed E-state index contributed by atoms with van der Waals surface area (Å²) in [6.45, 7) is 5.74. The van der Waals surface area contributed by atoms with Crippen molar-refractivity contribution in [2.45, 2.75) is 38.1 Å². The zero-order valence-corrected chi connectivity index (χ0v) is 12.2. The Morgan fingerprint density at radius 2 is 1.95 bits per heavy atom. The molecule has 0 saturated carbocycles. The topological polar surface area (TPSA) is 47.7 Å². The summed E-state index contributed by atoms with van der Waals surface area (Å²) < 4.78 is 10.8. The molecule has 0 aromatic heterocycles. The second-order valence-electron chi connectivity index (χ2n) is 6.08. The summed E-state index contributed by atoms with van der Waals surface area (Å²) in [5.74, 6) is 1.73. The number of rotatable bonds is 5. The van der Waals surface area contributed by atoms with E-state index in [1.165, 1.54) is 31.5 Å². The van der Waals surface area contributed by atoms with Crippen LogP contribution in [0.15, 0.2) is 18.2 Å². The van der Waals surface area contributed by atoms with Crippen LogP contribution in [-0.2, 0) is 6.42 Å². The summed E-state index contributed by atoms with van der Waals surface area (Å²) in [4.78, 5) is 2.56. The Balaban J connectivity index is 1.65. The monoisotopic (exact) mass is 276 g/mol. The first-order valence-corrected chi connectivity index (χ1v) is 7.55. The molecule has 2 heterocycles. The number of likely N-dealkylation sites (tertiary alicyclic amines) is 1. The van der Waals surface area contributed by atoms with Crippen molar-refractivity contribution in [2.75, 3.05) is 26.4 Å². The van der Waals surface area contributed by atoms with Gasteiger partial charge in [-0.15, -0.1) is 0 Å². The number of nitrogens with zero attached hydrogens (tertiary/aromatic N) is 1.